The van der Waals surface area contributed by atoms with Gasteiger partial charge in [0.1, 0.15) is 0 Å². The maximum atomic E-state index is 5.13. The van der Waals surface area contributed by atoms with Crippen LogP contribution in [-0.4, -0.2) is 16.7 Å². The molecule has 0 bridgehead atoms. The second-order valence-corrected chi connectivity index (χ2v) is 3.66. The molecule has 0 saturated heterocycles. The average Bonchev–Trinajstić information content (AvgIpc) is 2.76. The van der Waals surface area contributed by atoms with E-state index >= 15 is 0 Å². The molecule has 0 amide bonds. The van der Waals surface area contributed by atoms with E-state index in [4.69, 9.17) is 4.52 Å². The molecular formula is C12H15N3O. The molecule has 0 fully saturated rings. The van der Waals surface area contributed by atoms with Gasteiger partial charge in [0, 0.05) is 5.56 Å². The Kier molecular flexibility index (Phi) is 3.31. The normalized spacial score (nSPS) is 10.6. The van der Waals surface area contributed by atoms with Gasteiger partial charge >= 0.3 is 0 Å². The molecule has 0 saturated carbocycles. The number of aromatic nitrogens is 2. The van der Waals surface area contributed by atoms with Crippen molar-refractivity contribution in [3.63, 3.8) is 0 Å². The van der Waals surface area contributed by atoms with Crippen LogP contribution >= 0.6 is 0 Å². The number of rotatable bonds is 4. The van der Waals surface area contributed by atoms with Crippen molar-refractivity contribution in [2.45, 2.75) is 20.4 Å². The van der Waals surface area contributed by atoms with Gasteiger partial charge in [0.25, 0.3) is 0 Å². The van der Waals surface area contributed by atoms with Gasteiger partial charge in [0.05, 0.1) is 6.54 Å². The van der Waals surface area contributed by atoms with Gasteiger partial charge in [-0.1, -0.05) is 41.9 Å². The quantitative estimate of drug-likeness (QED) is 0.852. The summed E-state index contributed by atoms with van der Waals surface area (Å²) in [5.74, 6) is 1.27. The van der Waals surface area contributed by atoms with Crippen molar-refractivity contribution in [3.8, 4) is 11.4 Å². The highest BCUT2D eigenvalue weighted by Gasteiger charge is 2.07. The smallest absolute Gasteiger partial charge is 0.240 e. The molecule has 16 heavy (non-hydrogen) atoms. The number of benzene rings is 1. The largest absolute Gasteiger partial charge is 0.338 e. The molecule has 84 valence electrons. The molecule has 1 N–H and O–H groups in total. The molecule has 0 spiro atoms. The van der Waals surface area contributed by atoms with Crippen molar-refractivity contribution in [2.75, 3.05) is 6.54 Å². The molecule has 2 aromatic rings. The number of hydrogen-bond acceptors (Lipinski definition) is 4. The lowest BCUT2D eigenvalue weighted by Gasteiger charge is -1.94. The third kappa shape index (κ3) is 2.46. The Morgan fingerprint density at radius 1 is 1.25 bits per heavy atom. The van der Waals surface area contributed by atoms with E-state index in [9.17, 15) is 0 Å². The molecule has 4 heteroatoms. The number of hydrogen-bond donors (Lipinski definition) is 1. The zero-order valence-electron chi connectivity index (χ0n) is 9.53. The van der Waals surface area contributed by atoms with Crippen LogP contribution < -0.4 is 5.32 Å². The fourth-order valence-electron chi connectivity index (χ4n) is 1.38. The van der Waals surface area contributed by atoms with E-state index in [0.29, 0.717) is 18.3 Å². The fourth-order valence-corrected chi connectivity index (χ4v) is 1.38. The van der Waals surface area contributed by atoms with E-state index in [0.717, 1.165) is 12.1 Å². The Bertz CT molecular complexity index is 448. The van der Waals surface area contributed by atoms with Gasteiger partial charge in [-0.2, -0.15) is 4.98 Å². The Morgan fingerprint density at radius 2 is 2.00 bits per heavy atom. The topological polar surface area (TPSA) is 51.0 Å². The molecule has 0 aliphatic rings. The standard InChI is InChI=1S/C12H15N3O/c1-3-13-8-11-14-12(15-16-11)10-6-4-9(2)5-7-10/h4-7,13H,3,8H2,1-2H3. The molecule has 1 heterocycles. The molecule has 0 unspecified atom stereocenters. The van der Waals surface area contributed by atoms with Crippen LogP contribution in [0.3, 0.4) is 0 Å². The molecule has 0 radical (unpaired) electrons. The van der Waals surface area contributed by atoms with Crippen molar-refractivity contribution >= 4 is 0 Å². The maximum absolute atomic E-state index is 5.13. The summed E-state index contributed by atoms with van der Waals surface area (Å²) in [6.45, 7) is 5.60. The molecule has 1 aromatic heterocycles. The summed E-state index contributed by atoms with van der Waals surface area (Å²) < 4.78 is 5.13. The number of nitrogens with zero attached hydrogens (tertiary/aromatic N) is 2. The highest BCUT2D eigenvalue weighted by molar-refractivity contribution is 5.54. The summed E-state index contributed by atoms with van der Waals surface area (Å²) in [6.07, 6.45) is 0. The summed E-state index contributed by atoms with van der Waals surface area (Å²) in [4.78, 5) is 4.31. The van der Waals surface area contributed by atoms with Crippen LogP contribution in [0, 0.1) is 6.92 Å². The summed E-state index contributed by atoms with van der Waals surface area (Å²) in [5.41, 5.74) is 2.21. The summed E-state index contributed by atoms with van der Waals surface area (Å²) in [5, 5.41) is 7.09. The van der Waals surface area contributed by atoms with Gasteiger partial charge in [-0.25, -0.2) is 0 Å². The molecule has 4 nitrogen and oxygen atoms in total. The molecule has 0 aliphatic carbocycles. The van der Waals surface area contributed by atoms with E-state index in [-0.39, 0.29) is 0 Å². The minimum Gasteiger partial charge on any atom is -0.338 e. The van der Waals surface area contributed by atoms with Gasteiger partial charge in [0.2, 0.25) is 11.7 Å². The van der Waals surface area contributed by atoms with Gasteiger partial charge in [0.15, 0.2) is 0 Å². The molecule has 1 aromatic carbocycles. The second kappa shape index (κ2) is 4.90. The third-order valence-corrected chi connectivity index (χ3v) is 2.30. The van der Waals surface area contributed by atoms with Crippen molar-refractivity contribution < 1.29 is 4.52 Å². The second-order valence-electron chi connectivity index (χ2n) is 3.66. The zero-order chi connectivity index (χ0) is 11.4. The SMILES string of the molecule is CCNCc1nc(-c2ccc(C)cc2)no1. The van der Waals surface area contributed by atoms with Crippen LogP contribution in [0.4, 0.5) is 0 Å². The monoisotopic (exact) mass is 217 g/mol. The molecular weight excluding hydrogens is 202 g/mol. The minimum absolute atomic E-state index is 0.620. The van der Waals surface area contributed by atoms with Gasteiger partial charge in [-0.05, 0) is 13.5 Å². The van der Waals surface area contributed by atoms with Crippen LogP contribution in [0.15, 0.2) is 28.8 Å². The first kappa shape index (κ1) is 10.8. The zero-order valence-corrected chi connectivity index (χ0v) is 9.53. The lowest BCUT2D eigenvalue weighted by Crippen LogP contribution is -2.11. The van der Waals surface area contributed by atoms with E-state index < -0.39 is 0 Å². The van der Waals surface area contributed by atoms with E-state index in [1.807, 2.05) is 31.2 Å². The summed E-state index contributed by atoms with van der Waals surface area (Å²) in [7, 11) is 0. The number of nitrogens with one attached hydrogen (secondary N) is 1. The van der Waals surface area contributed by atoms with Crippen LogP contribution in [0.2, 0.25) is 0 Å². The predicted molar refractivity (Wildman–Crippen MR) is 61.9 cm³/mol. The summed E-state index contributed by atoms with van der Waals surface area (Å²) in [6, 6.07) is 8.07. The van der Waals surface area contributed by atoms with Crippen molar-refractivity contribution in [1.82, 2.24) is 15.5 Å². The van der Waals surface area contributed by atoms with E-state index in [1.54, 1.807) is 0 Å². The molecule has 0 aliphatic heterocycles. The Labute approximate surface area is 94.7 Å². The first-order valence-corrected chi connectivity index (χ1v) is 5.40. The molecule has 2 rings (SSSR count). The van der Waals surface area contributed by atoms with E-state index in [1.165, 1.54) is 5.56 Å². The Morgan fingerprint density at radius 3 is 2.69 bits per heavy atom. The van der Waals surface area contributed by atoms with Crippen molar-refractivity contribution in [2.24, 2.45) is 0 Å². The Hall–Kier alpha value is -1.68. The van der Waals surface area contributed by atoms with Crippen molar-refractivity contribution in [1.29, 1.82) is 0 Å². The van der Waals surface area contributed by atoms with Crippen LogP contribution in [0.5, 0.6) is 0 Å². The van der Waals surface area contributed by atoms with Crippen LogP contribution in [-0.2, 0) is 6.54 Å². The third-order valence-electron chi connectivity index (χ3n) is 2.30. The summed E-state index contributed by atoms with van der Waals surface area (Å²) >= 11 is 0. The van der Waals surface area contributed by atoms with Gasteiger partial charge in [-0.15, -0.1) is 0 Å². The average molecular weight is 217 g/mol. The van der Waals surface area contributed by atoms with Crippen LogP contribution in [0.1, 0.15) is 18.4 Å². The highest BCUT2D eigenvalue weighted by atomic mass is 16.5. The van der Waals surface area contributed by atoms with E-state index in [2.05, 4.69) is 22.4 Å². The molecule has 0 atom stereocenters. The number of aryl methyl sites for hydroxylation is 1. The highest BCUT2D eigenvalue weighted by Crippen LogP contribution is 2.15. The van der Waals surface area contributed by atoms with Gasteiger partial charge < -0.3 is 9.84 Å². The minimum atomic E-state index is 0.620. The lowest BCUT2D eigenvalue weighted by molar-refractivity contribution is 0.369. The fraction of sp³-hybridized carbons (Fsp3) is 0.333. The van der Waals surface area contributed by atoms with Crippen molar-refractivity contribution in [3.05, 3.63) is 35.7 Å². The van der Waals surface area contributed by atoms with Crippen LogP contribution in [0.25, 0.3) is 11.4 Å². The van der Waals surface area contributed by atoms with Gasteiger partial charge in [-0.3, -0.25) is 0 Å². The maximum Gasteiger partial charge on any atom is 0.240 e. The lowest BCUT2D eigenvalue weighted by atomic mass is 10.1. The first-order chi connectivity index (χ1) is 7.79. The first-order valence-electron chi connectivity index (χ1n) is 5.40. The Balaban J connectivity index is 2.15. The predicted octanol–water partition coefficient (Wildman–Crippen LogP) is 2.15.